The number of fused-ring (bicyclic) bond motifs is 1. The molecule has 0 bridgehead atoms. The largest absolute Gasteiger partial charge is 0.497 e. The molecule has 0 heterocycles. The highest BCUT2D eigenvalue weighted by Crippen LogP contribution is 2.28. The average Bonchev–Trinajstić information content (AvgIpc) is 2.53. The van der Waals surface area contributed by atoms with Crippen LogP contribution >= 0.6 is 0 Å². The Hall–Kier alpha value is -2.28. The summed E-state index contributed by atoms with van der Waals surface area (Å²) in [7, 11) is 1.71. The molecule has 1 nitrogen and oxygen atoms in total. The van der Waals surface area contributed by atoms with E-state index in [1.807, 2.05) is 12.1 Å². The number of methoxy groups -OCH3 is 1. The molecule has 0 aliphatic carbocycles. The second-order valence-corrected chi connectivity index (χ2v) is 5.10. The third-order valence-corrected chi connectivity index (χ3v) is 3.87. The van der Waals surface area contributed by atoms with Crippen LogP contribution in [0.5, 0.6) is 5.75 Å². The summed E-state index contributed by atoms with van der Waals surface area (Å²) < 4.78 is 5.31. The van der Waals surface area contributed by atoms with Crippen molar-refractivity contribution in [2.75, 3.05) is 7.11 Å². The molecular weight excluding hydrogens is 244 g/mol. The van der Waals surface area contributed by atoms with Gasteiger partial charge in [-0.15, -0.1) is 0 Å². The Labute approximate surface area is 119 Å². The molecule has 0 fully saturated rings. The van der Waals surface area contributed by atoms with Crippen LogP contribution in [0.1, 0.15) is 24.0 Å². The van der Waals surface area contributed by atoms with Crippen LogP contribution in [0.2, 0.25) is 0 Å². The smallest absolute Gasteiger partial charge is 0.119 e. The first-order valence-electron chi connectivity index (χ1n) is 6.90. The van der Waals surface area contributed by atoms with Crippen LogP contribution in [0.25, 0.3) is 10.8 Å². The molecule has 0 radical (unpaired) electrons. The predicted molar refractivity (Wildman–Crippen MR) is 84.5 cm³/mol. The van der Waals surface area contributed by atoms with E-state index >= 15 is 0 Å². The lowest BCUT2D eigenvalue weighted by molar-refractivity contribution is 0.414. The van der Waals surface area contributed by atoms with Gasteiger partial charge in [0.05, 0.1) is 7.11 Å². The maximum Gasteiger partial charge on any atom is 0.119 e. The Morgan fingerprint density at radius 3 is 2.30 bits per heavy atom. The first kappa shape index (κ1) is 12.7. The van der Waals surface area contributed by atoms with Gasteiger partial charge in [-0.2, -0.15) is 0 Å². The molecule has 1 heteroatoms. The Bertz CT molecular complexity index is 730. The minimum atomic E-state index is 0.356. The summed E-state index contributed by atoms with van der Waals surface area (Å²) >= 11 is 0. The molecule has 3 rings (SSSR count). The monoisotopic (exact) mass is 262 g/mol. The molecule has 1 atom stereocenters. The Morgan fingerprint density at radius 1 is 0.750 bits per heavy atom. The third-order valence-electron chi connectivity index (χ3n) is 3.87. The molecule has 0 saturated carbocycles. The molecule has 20 heavy (non-hydrogen) atoms. The summed E-state index contributed by atoms with van der Waals surface area (Å²) in [6.07, 6.45) is 0. The van der Waals surface area contributed by atoms with Crippen molar-refractivity contribution in [2.24, 2.45) is 0 Å². The van der Waals surface area contributed by atoms with Gasteiger partial charge in [-0.05, 0) is 34.0 Å². The first-order chi connectivity index (χ1) is 9.78. The summed E-state index contributed by atoms with van der Waals surface area (Å²) in [5.41, 5.74) is 2.61. The van der Waals surface area contributed by atoms with E-state index in [0.29, 0.717) is 5.92 Å². The van der Waals surface area contributed by atoms with Gasteiger partial charge in [0.15, 0.2) is 0 Å². The lowest BCUT2D eigenvalue weighted by Gasteiger charge is -2.14. The van der Waals surface area contributed by atoms with Gasteiger partial charge in [0, 0.05) is 5.92 Å². The van der Waals surface area contributed by atoms with Crippen molar-refractivity contribution >= 4 is 10.8 Å². The summed E-state index contributed by atoms with van der Waals surface area (Å²) in [5.74, 6) is 1.27. The fourth-order valence-electron chi connectivity index (χ4n) is 2.58. The zero-order valence-corrected chi connectivity index (χ0v) is 11.8. The minimum absolute atomic E-state index is 0.356. The Morgan fingerprint density at radius 2 is 1.50 bits per heavy atom. The Kier molecular flexibility index (Phi) is 3.42. The van der Waals surface area contributed by atoms with E-state index in [1.54, 1.807) is 7.11 Å². The fraction of sp³-hybridized carbons (Fsp3) is 0.158. The normalized spacial score (nSPS) is 12.3. The molecular formula is C19H18O. The molecule has 0 aliphatic rings. The molecule has 0 aromatic heterocycles. The van der Waals surface area contributed by atoms with Crippen LogP contribution in [-0.2, 0) is 0 Å². The molecule has 0 saturated heterocycles. The number of hydrogen-bond acceptors (Lipinski definition) is 1. The molecule has 0 N–H and O–H groups in total. The molecule has 3 aromatic rings. The van der Waals surface area contributed by atoms with Gasteiger partial charge < -0.3 is 4.74 Å². The van der Waals surface area contributed by atoms with Crippen molar-refractivity contribution in [3.05, 3.63) is 77.9 Å². The van der Waals surface area contributed by atoms with Gasteiger partial charge >= 0.3 is 0 Å². The fourth-order valence-corrected chi connectivity index (χ4v) is 2.58. The minimum Gasteiger partial charge on any atom is -0.497 e. The highest BCUT2D eigenvalue weighted by Gasteiger charge is 2.09. The topological polar surface area (TPSA) is 9.23 Å². The number of ether oxygens (including phenoxy) is 1. The molecule has 100 valence electrons. The number of benzene rings is 3. The van der Waals surface area contributed by atoms with Gasteiger partial charge in [-0.3, -0.25) is 0 Å². The summed E-state index contributed by atoms with van der Waals surface area (Å²) in [6.45, 7) is 2.24. The quantitative estimate of drug-likeness (QED) is 0.645. The van der Waals surface area contributed by atoms with E-state index < -0.39 is 0 Å². The van der Waals surface area contributed by atoms with Crippen LogP contribution in [0, 0.1) is 0 Å². The summed E-state index contributed by atoms with van der Waals surface area (Å²) in [4.78, 5) is 0. The van der Waals surface area contributed by atoms with E-state index in [1.165, 1.54) is 21.9 Å². The molecule has 0 amide bonds. The van der Waals surface area contributed by atoms with Crippen LogP contribution in [-0.4, -0.2) is 7.11 Å². The highest BCUT2D eigenvalue weighted by atomic mass is 16.5. The first-order valence-corrected chi connectivity index (χ1v) is 6.90. The van der Waals surface area contributed by atoms with Crippen molar-refractivity contribution in [3.8, 4) is 5.75 Å². The van der Waals surface area contributed by atoms with E-state index in [2.05, 4.69) is 61.5 Å². The predicted octanol–water partition coefficient (Wildman–Crippen LogP) is 5.00. The summed E-state index contributed by atoms with van der Waals surface area (Å²) in [6, 6.07) is 23.5. The van der Waals surface area contributed by atoms with Crippen LogP contribution < -0.4 is 4.74 Å². The van der Waals surface area contributed by atoms with Gasteiger partial charge in [-0.25, -0.2) is 0 Å². The number of hydrogen-bond donors (Lipinski definition) is 0. The van der Waals surface area contributed by atoms with Crippen molar-refractivity contribution in [2.45, 2.75) is 12.8 Å². The standard InChI is InChI=1S/C19H18O/c1-14(16-8-5-9-19(13-16)20-2)17-11-10-15-6-3-4-7-18(15)12-17/h3-14H,1-2H3/t14-/m1/s1. The number of rotatable bonds is 3. The van der Waals surface area contributed by atoms with Crippen molar-refractivity contribution in [3.63, 3.8) is 0 Å². The van der Waals surface area contributed by atoms with Gasteiger partial charge in [0.25, 0.3) is 0 Å². The van der Waals surface area contributed by atoms with Gasteiger partial charge in [0.1, 0.15) is 5.75 Å². The molecule has 0 spiro atoms. The molecule has 0 aliphatic heterocycles. The zero-order valence-electron chi connectivity index (χ0n) is 11.8. The van der Waals surface area contributed by atoms with Crippen LogP contribution in [0.4, 0.5) is 0 Å². The summed E-state index contributed by atoms with van der Waals surface area (Å²) in [5, 5.41) is 2.58. The highest BCUT2D eigenvalue weighted by molar-refractivity contribution is 5.83. The maximum atomic E-state index is 5.31. The van der Waals surface area contributed by atoms with E-state index in [4.69, 9.17) is 4.74 Å². The van der Waals surface area contributed by atoms with E-state index in [9.17, 15) is 0 Å². The lowest BCUT2D eigenvalue weighted by Crippen LogP contribution is -1.96. The zero-order chi connectivity index (χ0) is 13.9. The van der Waals surface area contributed by atoms with Crippen molar-refractivity contribution in [1.82, 2.24) is 0 Å². The molecule has 3 aromatic carbocycles. The lowest BCUT2D eigenvalue weighted by atomic mass is 9.91. The van der Waals surface area contributed by atoms with E-state index in [0.717, 1.165) is 5.75 Å². The van der Waals surface area contributed by atoms with Crippen molar-refractivity contribution < 1.29 is 4.74 Å². The van der Waals surface area contributed by atoms with Gasteiger partial charge in [-0.1, -0.05) is 61.5 Å². The molecule has 0 unspecified atom stereocenters. The second kappa shape index (κ2) is 5.38. The van der Waals surface area contributed by atoms with Crippen molar-refractivity contribution in [1.29, 1.82) is 0 Å². The van der Waals surface area contributed by atoms with E-state index in [-0.39, 0.29) is 0 Å². The van der Waals surface area contributed by atoms with Gasteiger partial charge in [0.2, 0.25) is 0 Å². The van der Waals surface area contributed by atoms with Crippen LogP contribution in [0.3, 0.4) is 0 Å². The SMILES string of the molecule is COc1cccc([C@@H](C)c2ccc3ccccc3c2)c1. The third kappa shape index (κ3) is 2.39. The average molecular weight is 262 g/mol. The Balaban J connectivity index is 2.00. The maximum absolute atomic E-state index is 5.31. The second-order valence-electron chi connectivity index (χ2n) is 5.10. The van der Waals surface area contributed by atoms with Crippen LogP contribution in [0.15, 0.2) is 66.7 Å².